The van der Waals surface area contributed by atoms with Crippen molar-refractivity contribution in [2.75, 3.05) is 0 Å². The van der Waals surface area contributed by atoms with Crippen molar-refractivity contribution < 1.29 is 23.1 Å². The van der Waals surface area contributed by atoms with E-state index >= 15 is 0 Å². The van der Waals surface area contributed by atoms with Gasteiger partial charge in [-0.15, -0.1) is 0 Å². The van der Waals surface area contributed by atoms with Gasteiger partial charge in [0.15, 0.2) is 0 Å². The van der Waals surface area contributed by atoms with E-state index in [2.05, 4.69) is 5.32 Å². The molecule has 1 unspecified atom stereocenters. The summed E-state index contributed by atoms with van der Waals surface area (Å²) in [6, 6.07) is 10.4. The lowest BCUT2D eigenvalue weighted by Crippen LogP contribution is -2.41. The van der Waals surface area contributed by atoms with Gasteiger partial charge in [-0.1, -0.05) is 30.3 Å². The molecule has 0 bridgehead atoms. The number of amides is 1. The van der Waals surface area contributed by atoms with E-state index in [4.69, 9.17) is 5.73 Å². The molecule has 4 nitrogen and oxygen atoms in total. The van der Waals surface area contributed by atoms with E-state index in [0.29, 0.717) is 0 Å². The van der Waals surface area contributed by atoms with Crippen molar-refractivity contribution in [3.63, 3.8) is 0 Å². The lowest BCUT2D eigenvalue weighted by atomic mass is 10.0. The molecule has 4 N–H and O–H groups in total. The molecule has 24 heavy (non-hydrogen) atoms. The number of halogens is 3. The molecular formula is C17H17F3N2O2. The summed E-state index contributed by atoms with van der Waals surface area (Å²) in [5.41, 5.74) is 5.72. The third kappa shape index (κ3) is 4.73. The van der Waals surface area contributed by atoms with Crippen molar-refractivity contribution in [1.29, 1.82) is 0 Å². The van der Waals surface area contributed by atoms with E-state index in [1.165, 1.54) is 30.3 Å². The topological polar surface area (TPSA) is 75.3 Å². The molecule has 0 spiro atoms. The molecule has 0 saturated heterocycles. The van der Waals surface area contributed by atoms with Gasteiger partial charge < -0.3 is 16.2 Å². The van der Waals surface area contributed by atoms with Crippen LogP contribution in [0, 0.1) is 0 Å². The molecule has 0 aliphatic heterocycles. The van der Waals surface area contributed by atoms with E-state index in [1.807, 2.05) is 0 Å². The molecule has 0 aromatic heterocycles. The van der Waals surface area contributed by atoms with Crippen molar-refractivity contribution in [1.82, 2.24) is 5.32 Å². The van der Waals surface area contributed by atoms with Gasteiger partial charge in [0.2, 0.25) is 5.91 Å². The predicted molar refractivity (Wildman–Crippen MR) is 83.1 cm³/mol. The summed E-state index contributed by atoms with van der Waals surface area (Å²) in [6.07, 6.45) is -4.26. The first-order valence-electron chi connectivity index (χ1n) is 7.23. The second-order valence-electron chi connectivity index (χ2n) is 5.35. The Morgan fingerprint density at radius 3 is 2.38 bits per heavy atom. The molecule has 0 radical (unpaired) electrons. The average Bonchev–Trinajstić information content (AvgIpc) is 2.54. The standard InChI is InChI=1S/C17H17F3N2O2/c18-17(19,20)14-4-2-1-3-12(14)10-22-16(24)15(21)9-11-5-7-13(23)8-6-11/h1-8,15,23H,9-10,21H2,(H,22,24). The van der Waals surface area contributed by atoms with E-state index in [1.54, 1.807) is 12.1 Å². The number of alkyl halides is 3. The van der Waals surface area contributed by atoms with E-state index in [9.17, 15) is 23.1 Å². The van der Waals surface area contributed by atoms with Gasteiger partial charge in [-0.2, -0.15) is 13.2 Å². The van der Waals surface area contributed by atoms with Crippen LogP contribution in [-0.2, 0) is 23.9 Å². The SMILES string of the molecule is NC(Cc1ccc(O)cc1)C(=O)NCc1ccccc1C(F)(F)F. The minimum absolute atomic E-state index is 0.0183. The summed E-state index contributed by atoms with van der Waals surface area (Å²) in [5, 5.41) is 11.6. The Morgan fingerprint density at radius 1 is 1.12 bits per heavy atom. The van der Waals surface area contributed by atoms with Crippen molar-refractivity contribution in [2.45, 2.75) is 25.2 Å². The Hall–Kier alpha value is -2.54. The second-order valence-corrected chi connectivity index (χ2v) is 5.35. The first kappa shape index (κ1) is 17.8. The van der Waals surface area contributed by atoms with Gasteiger partial charge in [0, 0.05) is 6.54 Å². The largest absolute Gasteiger partial charge is 0.508 e. The van der Waals surface area contributed by atoms with Gasteiger partial charge in [0.25, 0.3) is 0 Å². The van der Waals surface area contributed by atoms with Crippen molar-refractivity contribution >= 4 is 5.91 Å². The summed E-state index contributed by atoms with van der Waals surface area (Å²) in [6.45, 7) is -0.252. The number of carbonyl (C=O) groups excluding carboxylic acids is 1. The Balaban J connectivity index is 1.97. The normalized spacial score (nSPS) is 12.7. The number of hydrogen-bond acceptors (Lipinski definition) is 3. The van der Waals surface area contributed by atoms with Crippen molar-refractivity contribution in [3.05, 3.63) is 65.2 Å². The molecule has 0 aliphatic rings. The van der Waals surface area contributed by atoms with Crippen LogP contribution in [0.15, 0.2) is 48.5 Å². The van der Waals surface area contributed by atoms with Crippen LogP contribution in [-0.4, -0.2) is 17.1 Å². The number of carbonyl (C=O) groups is 1. The third-order valence-corrected chi connectivity index (χ3v) is 3.50. The highest BCUT2D eigenvalue weighted by molar-refractivity contribution is 5.81. The minimum atomic E-state index is -4.48. The number of benzene rings is 2. The molecule has 0 aliphatic carbocycles. The van der Waals surface area contributed by atoms with Crippen LogP contribution < -0.4 is 11.1 Å². The molecule has 7 heteroatoms. The maximum atomic E-state index is 12.9. The quantitative estimate of drug-likeness (QED) is 0.784. The molecule has 2 rings (SSSR count). The molecule has 0 saturated carbocycles. The Bertz CT molecular complexity index is 700. The summed E-state index contributed by atoms with van der Waals surface area (Å²) < 4.78 is 38.7. The number of aromatic hydroxyl groups is 1. The summed E-state index contributed by atoms with van der Waals surface area (Å²) >= 11 is 0. The molecule has 0 fully saturated rings. The molecule has 2 aromatic carbocycles. The Morgan fingerprint density at radius 2 is 1.75 bits per heavy atom. The Kier molecular flexibility index (Phi) is 5.46. The van der Waals surface area contributed by atoms with Crippen LogP contribution in [0.25, 0.3) is 0 Å². The van der Waals surface area contributed by atoms with Gasteiger partial charge in [0.1, 0.15) is 5.75 Å². The molecular weight excluding hydrogens is 321 g/mol. The number of nitrogens with two attached hydrogens (primary N) is 1. The summed E-state index contributed by atoms with van der Waals surface area (Å²) in [4.78, 5) is 12.0. The van der Waals surface area contributed by atoms with Crippen LogP contribution >= 0.6 is 0 Å². The van der Waals surface area contributed by atoms with Crippen molar-refractivity contribution in [2.24, 2.45) is 5.73 Å². The van der Waals surface area contributed by atoms with Gasteiger partial charge in [-0.05, 0) is 35.7 Å². The molecule has 1 atom stereocenters. The summed E-state index contributed by atoms with van der Waals surface area (Å²) in [7, 11) is 0. The van der Waals surface area contributed by atoms with Crippen LogP contribution in [0.4, 0.5) is 13.2 Å². The zero-order chi connectivity index (χ0) is 17.7. The van der Waals surface area contributed by atoms with Crippen molar-refractivity contribution in [3.8, 4) is 5.75 Å². The molecule has 128 valence electrons. The molecule has 1 amide bonds. The highest BCUT2D eigenvalue weighted by Crippen LogP contribution is 2.31. The fourth-order valence-corrected chi connectivity index (χ4v) is 2.24. The zero-order valence-electron chi connectivity index (χ0n) is 12.7. The summed E-state index contributed by atoms with van der Waals surface area (Å²) in [5.74, 6) is -0.444. The molecule has 2 aromatic rings. The monoisotopic (exact) mass is 338 g/mol. The maximum absolute atomic E-state index is 12.9. The number of phenols is 1. The zero-order valence-corrected chi connectivity index (χ0v) is 12.7. The number of hydrogen-bond donors (Lipinski definition) is 3. The highest BCUT2D eigenvalue weighted by Gasteiger charge is 2.32. The average molecular weight is 338 g/mol. The van der Waals surface area contributed by atoms with Gasteiger partial charge in [-0.25, -0.2) is 0 Å². The van der Waals surface area contributed by atoms with Gasteiger partial charge in [-0.3, -0.25) is 4.79 Å². The predicted octanol–water partition coefficient (Wildman–Crippen LogP) is 2.60. The fourth-order valence-electron chi connectivity index (χ4n) is 2.24. The van der Waals surface area contributed by atoms with Crippen LogP contribution in [0.5, 0.6) is 5.75 Å². The van der Waals surface area contributed by atoms with Crippen LogP contribution in [0.2, 0.25) is 0 Å². The lowest BCUT2D eigenvalue weighted by Gasteiger charge is -2.15. The fraction of sp³-hybridized carbons (Fsp3) is 0.235. The third-order valence-electron chi connectivity index (χ3n) is 3.50. The lowest BCUT2D eigenvalue weighted by molar-refractivity contribution is -0.138. The van der Waals surface area contributed by atoms with Crippen LogP contribution in [0.1, 0.15) is 16.7 Å². The number of phenolic OH excluding ortho intramolecular Hbond substituents is 1. The first-order chi connectivity index (χ1) is 11.3. The second kappa shape index (κ2) is 7.35. The maximum Gasteiger partial charge on any atom is 0.416 e. The minimum Gasteiger partial charge on any atom is -0.508 e. The van der Waals surface area contributed by atoms with E-state index in [0.717, 1.165) is 11.6 Å². The van der Waals surface area contributed by atoms with E-state index in [-0.39, 0.29) is 24.3 Å². The smallest absolute Gasteiger partial charge is 0.416 e. The number of nitrogens with one attached hydrogen (secondary N) is 1. The highest BCUT2D eigenvalue weighted by atomic mass is 19.4. The number of rotatable bonds is 5. The molecule has 0 heterocycles. The van der Waals surface area contributed by atoms with Gasteiger partial charge in [0.05, 0.1) is 11.6 Å². The first-order valence-corrected chi connectivity index (χ1v) is 7.23. The van der Waals surface area contributed by atoms with E-state index < -0.39 is 23.7 Å². The Labute approximate surface area is 137 Å². The van der Waals surface area contributed by atoms with Crippen LogP contribution in [0.3, 0.4) is 0 Å². The van der Waals surface area contributed by atoms with Gasteiger partial charge >= 0.3 is 6.18 Å².